The molecule has 5 heteroatoms. The fraction of sp³-hybridized carbons (Fsp3) is 0.500. The molecule has 0 saturated heterocycles. The van der Waals surface area contributed by atoms with E-state index in [4.69, 9.17) is 5.73 Å². The molecular formula is C12H19N3O2. The van der Waals surface area contributed by atoms with Crippen molar-refractivity contribution in [2.75, 3.05) is 11.1 Å². The Morgan fingerprint density at radius 2 is 2.12 bits per heavy atom. The molecule has 1 aromatic rings. The number of nitrogen functional groups attached to an aromatic ring is 1. The first kappa shape index (κ1) is 13.3. The molecule has 0 saturated carbocycles. The minimum Gasteiger partial charge on any atom is -0.393 e. The largest absolute Gasteiger partial charge is 0.393 e. The second-order valence-electron chi connectivity index (χ2n) is 4.76. The molecule has 3 N–H and O–H groups in total. The third kappa shape index (κ3) is 3.34. The summed E-state index contributed by atoms with van der Waals surface area (Å²) in [5.41, 5.74) is 6.07. The first-order valence-electron chi connectivity index (χ1n) is 5.68. The number of nitro groups is 1. The minimum atomic E-state index is -0.445. The van der Waals surface area contributed by atoms with E-state index in [0.717, 1.165) is 12.8 Å². The van der Waals surface area contributed by atoms with Crippen molar-refractivity contribution in [2.45, 2.75) is 39.2 Å². The van der Waals surface area contributed by atoms with Gasteiger partial charge in [-0.15, -0.1) is 0 Å². The molecule has 0 aliphatic heterocycles. The SMILES string of the molecule is CCCC(C)(C)Nc1cccc(N)c1[N+](=O)[O-]. The summed E-state index contributed by atoms with van der Waals surface area (Å²) in [6, 6.07) is 4.94. The molecule has 0 aliphatic rings. The van der Waals surface area contributed by atoms with E-state index in [9.17, 15) is 10.1 Å². The first-order chi connectivity index (χ1) is 7.87. The summed E-state index contributed by atoms with van der Waals surface area (Å²) in [5.74, 6) is 0. The smallest absolute Gasteiger partial charge is 0.314 e. The molecule has 0 unspecified atom stereocenters. The highest BCUT2D eigenvalue weighted by Gasteiger charge is 2.23. The van der Waals surface area contributed by atoms with E-state index in [1.54, 1.807) is 12.1 Å². The van der Waals surface area contributed by atoms with Crippen molar-refractivity contribution in [1.29, 1.82) is 0 Å². The van der Waals surface area contributed by atoms with Gasteiger partial charge >= 0.3 is 5.69 Å². The average molecular weight is 237 g/mol. The van der Waals surface area contributed by atoms with E-state index < -0.39 is 4.92 Å². The fourth-order valence-corrected chi connectivity index (χ4v) is 1.92. The highest BCUT2D eigenvalue weighted by atomic mass is 16.6. The Labute approximate surface area is 101 Å². The van der Waals surface area contributed by atoms with Gasteiger partial charge in [-0.3, -0.25) is 10.1 Å². The number of benzene rings is 1. The molecule has 0 bridgehead atoms. The van der Waals surface area contributed by atoms with Crippen LogP contribution in [0.1, 0.15) is 33.6 Å². The van der Waals surface area contributed by atoms with Crippen molar-refractivity contribution in [3.05, 3.63) is 28.3 Å². The van der Waals surface area contributed by atoms with Crippen molar-refractivity contribution >= 4 is 17.1 Å². The standard InChI is InChI=1S/C12H19N3O2/c1-4-8-12(2,3)14-10-7-5-6-9(13)11(10)15(16)17/h5-7,14H,4,8,13H2,1-3H3. The van der Waals surface area contributed by atoms with E-state index >= 15 is 0 Å². The Hall–Kier alpha value is -1.78. The van der Waals surface area contributed by atoms with E-state index in [1.807, 2.05) is 13.8 Å². The summed E-state index contributed by atoms with van der Waals surface area (Å²) < 4.78 is 0. The van der Waals surface area contributed by atoms with Crippen LogP contribution < -0.4 is 11.1 Å². The molecule has 0 atom stereocenters. The molecule has 1 rings (SSSR count). The van der Waals surface area contributed by atoms with E-state index in [0.29, 0.717) is 5.69 Å². The van der Waals surface area contributed by atoms with Gasteiger partial charge in [0.1, 0.15) is 11.4 Å². The van der Waals surface area contributed by atoms with Gasteiger partial charge in [0.05, 0.1) is 4.92 Å². The van der Waals surface area contributed by atoms with E-state index in [1.165, 1.54) is 6.07 Å². The van der Waals surface area contributed by atoms with Crippen LogP contribution in [0, 0.1) is 10.1 Å². The fourth-order valence-electron chi connectivity index (χ4n) is 1.92. The van der Waals surface area contributed by atoms with E-state index in [2.05, 4.69) is 12.2 Å². The van der Waals surface area contributed by atoms with Crippen molar-refractivity contribution in [1.82, 2.24) is 0 Å². The van der Waals surface area contributed by atoms with Crippen molar-refractivity contribution in [3.63, 3.8) is 0 Å². The predicted molar refractivity (Wildman–Crippen MR) is 70.1 cm³/mol. The number of para-hydroxylation sites is 1. The first-order valence-corrected chi connectivity index (χ1v) is 5.68. The number of rotatable bonds is 5. The van der Waals surface area contributed by atoms with Crippen LogP contribution in [-0.2, 0) is 0 Å². The average Bonchev–Trinajstić information content (AvgIpc) is 2.15. The Morgan fingerprint density at radius 1 is 1.47 bits per heavy atom. The molecule has 0 fully saturated rings. The molecule has 0 aliphatic carbocycles. The van der Waals surface area contributed by atoms with Crippen molar-refractivity contribution in [2.24, 2.45) is 0 Å². The summed E-state index contributed by atoms with van der Waals surface area (Å²) in [5, 5.41) is 14.2. The van der Waals surface area contributed by atoms with Gasteiger partial charge in [-0.25, -0.2) is 0 Å². The molecule has 0 spiro atoms. The molecule has 5 nitrogen and oxygen atoms in total. The highest BCUT2D eigenvalue weighted by Crippen LogP contribution is 2.33. The lowest BCUT2D eigenvalue weighted by molar-refractivity contribution is -0.383. The maximum absolute atomic E-state index is 11.0. The Morgan fingerprint density at radius 3 is 2.65 bits per heavy atom. The summed E-state index contributed by atoms with van der Waals surface area (Å²) in [4.78, 5) is 10.5. The number of nitrogens with zero attached hydrogens (tertiary/aromatic N) is 1. The summed E-state index contributed by atoms with van der Waals surface area (Å²) in [6.07, 6.45) is 1.94. The van der Waals surface area contributed by atoms with Crippen molar-refractivity contribution < 1.29 is 4.92 Å². The molecule has 0 aromatic heterocycles. The van der Waals surface area contributed by atoms with Crippen molar-refractivity contribution in [3.8, 4) is 0 Å². The predicted octanol–water partition coefficient (Wildman–Crippen LogP) is 3.17. The lowest BCUT2D eigenvalue weighted by Crippen LogP contribution is -2.30. The van der Waals surface area contributed by atoms with Gasteiger partial charge in [-0.2, -0.15) is 0 Å². The second-order valence-corrected chi connectivity index (χ2v) is 4.76. The van der Waals surface area contributed by atoms with Crippen LogP contribution >= 0.6 is 0 Å². The van der Waals surface area contributed by atoms with E-state index in [-0.39, 0.29) is 16.9 Å². The molecule has 0 heterocycles. The minimum absolute atomic E-state index is 0.0447. The maximum Gasteiger partial charge on any atom is 0.314 e. The number of anilines is 2. The lowest BCUT2D eigenvalue weighted by atomic mass is 9.98. The van der Waals surface area contributed by atoms with Crippen LogP contribution in [0.2, 0.25) is 0 Å². The van der Waals surface area contributed by atoms with Crippen LogP contribution in [-0.4, -0.2) is 10.5 Å². The van der Waals surface area contributed by atoms with Crippen LogP contribution in [0.5, 0.6) is 0 Å². The normalized spacial score (nSPS) is 11.2. The zero-order valence-electron chi connectivity index (χ0n) is 10.5. The monoisotopic (exact) mass is 237 g/mol. The molecule has 17 heavy (non-hydrogen) atoms. The van der Waals surface area contributed by atoms with Gasteiger partial charge in [0.15, 0.2) is 0 Å². The molecule has 0 amide bonds. The summed E-state index contributed by atoms with van der Waals surface area (Å²) >= 11 is 0. The number of hydrogen-bond donors (Lipinski definition) is 2. The highest BCUT2D eigenvalue weighted by molar-refractivity contribution is 5.74. The number of nitro benzene ring substituents is 1. The molecule has 94 valence electrons. The third-order valence-corrected chi connectivity index (χ3v) is 2.60. The van der Waals surface area contributed by atoms with Gasteiger partial charge < -0.3 is 11.1 Å². The van der Waals surface area contributed by atoms with Crippen LogP contribution in [0.15, 0.2) is 18.2 Å². The molecule has 1 aromatic carbocycles. The summed E-state index contributed by atoms with van der Waals surface area (Å²) in [6.45, 7) is 6.12. The molecule has 0 radical (unpaired) electrons. The Bertz CT molecular complexity index is 416. The van der Waals surface area contributed by atoms with Crippen LogP contribution in [0.4, 0.5) is 17.1 Å². The zero-order chi connectivity index (χ0) is 13.1. The second kappa shape index (κ2) is 5.03. The topological polar surface area (TPSA) is 81.2 Å². The molecular weight excluding hydrogens is 218 g/mol. The lowest BCUT2D eigenvalue weighted by Gasteiger charge is -2.27. The van der Waals surface area contributed by atoms with Gasteiger partial charge in [-0.1, -0.05) is 19.4 Å². The van der Waals surface area contributed by atoms with Gasteiger partial charge in [0.2, 0.25) is 0 Å². The summed E-state index contributed by atoms with van der Waals surface area (Å²) in [7, 11) is 0. The van der Waals surface area contributed by atoms with Gasteiger partial charge in [0, 0.05) is 5.54 Å². The zero-order valence-corrected chi connectivity index (χ0v) is 10.5. The number of hydrogen-bond acceptors (Lipinski definition) is 4. The number of nitrogens with two attached hydrogens (primary N) is 1. The quantitative estimate of drug-likeness (QED) is 0.468. The maximum atomic E-state index is 11.0. The van der Waals surface area contributed by atoms with Gasteiger partial charge in [-0.05, 0) is 32.4 Å². The van der Waals surface area contributed by atoms with Gasteiger partial charge in [0.25, 0.3) is 0 Å². The van der Waals surface area contributed by atoms with Crippen LogP contribution in [0.25, 0.3) is 0 Å². The third-order valence-electron chi connectivity index (χ3n) is 2.60. The Kier molecular flexibility index (Phi) is 3.93. The number of nitrogens with one attached hydrogen (secondary N) is 1. The Balaban J connectivity index is 3.06. The van der Waals surface area contributed by atoms with Crippen LogP contribution in [0.3, 0.4) is 0 Å².